The molecule has 2 N–H and O–H groups in total. The van der Waals surface area contributed by atoms with E-state index in [1.165, 1.54) is 0 Å². The van der Waals surface area contributed by atoms with E-state index in [1.807, 2.05) is 24.3 Å². The predicted octanol–water partition coefficient (Wildman–Crippen LogP) is 5.40. The Morgan fingerprint density at radius 1 is 0.643 bits per heavy atom. The molecule has 4 atom stereocenters. The van der Waals surface area contributed by atoms with Crippen molar-refractivity contribution < 1.29 is 19.1 Å². The van der Waals surface area contributed by atoms with Gasteiger partial charge >= 0.3 is 0 Å². The summed E-state index contributed by atoms with van der Waals surface area (Å²) < 4.78 is 12.3. The minimum Gasteiger partial charge on any atom is -0.410 e. The lowest BCUT2D eigenvalue weighted by atomic mass is 10.2. The van der Waals surface area contributed by atoms with E-state index in [9.17, 15) is 10.2 Å². The molecule has 6 heteroatoms. The van der Waals surface area contributed by atoms with Gasteiger partial charge in [0.1, 0.15) is 0 Å². The molecular weight excluding hydrogens is 384 g/mol. The molecule has 0 fully saturated rings. The Kier molecular flexibility index (Phi) is 8.54. The van der Waals surface area contributed by atoms with Crippen molar-refractivity contribution in [1.82, 2.24) is 0 Å². The van der Waals surface area contributed by atoms with Crippen molar-refractivity contribution in [3.8, 4) is 0 Å². The molecule has 164 valence electrons. The maximum Gasteiger partial charge on any atom is 0.192 e. The standard InChI is InChI=1S/2C11H22O2Si/c2*1-11(2,3)14(4,5)13-10-7-6-9(12)8-10/h2*6-7,9-10,12H,8H2,1-5H3/t2*9-,10+/m10/s1. The molecule has 2 aliphatic carbocycles. The zero-order valence-corrected chi connectivity index (χ0v) is 21.7. The van der Waals surface area contributed by atoms with Crippen molar-refractivity contribution in [3.63, 3.8) is 0 Å². The molecule has 2 aliphatic rings. The molecule has 0 heterocycles. The van der Waals surface area contributed by atoms with Gasteiger partial charge in [-0.1, -0.05) is 65.8 Å². The van der Waals surface area contributed by atoms with Crippen molar-refractivity contribution in [2.45, 2.75) is 115 Å². The summed E-state index contributed by atoms with van der Waals surface area (Å²) in [4.78, 5) is 0. The Morgan fingerprint density at radius 2 is 0.929 bits per heavy atom. The first kappa shape index (κ1) is 25.8. The molecule has 0 saturated carbocycles. The summed E-state index contributed by atoms with van der Waals surface area (Å²) in [6, 6.07) is 0. The monoisotopic (exact) mass is 428 g/mol. The van der Waals surface area contributed by atoms with Crippen LogP contribution in [-0.4, -0.2) is 51.3 Å². The number of aliphatic hydroxyl groups excluding tert-OH is 2. The van der Waals surface area contributed by atoms with E-state index in [1.54, 1.807) is 0 Å². The summed E-state index contributed by atoms with van der Waals surface area (Å²) in [5, 5.41) is 19.2. The molecule has 0 amide bonds. The highest BCUT2D eigenvalue weighted by Gasteiger charge is 2.40. The molecule has 2 rings (SSSR count). The number of rotatable bonds is 4. The summed E-state index contributed by atoms with van der Waals surface area (Å²) in [5.74, 6) is 0. The van der Waals surface area contributed by atoms with Gasteiger partial charge in [0.05, 0.1) is 24.4 Å². The molecule has 0 aliphatic heterocycles. The van der Waals surface area contributed by atoms with Crippen LogP contribution in [0, 0.1) is 0 Å². The third-order valence-electron chi connectivity index (χ3n) is 6.55. The van der Waals surface area contributed by atoms with Gasteiger partial charge in [-0.3, -0.25) is 0 Å². The summed E-state index contributed by atoms with van der Waals surface area (Å²) in [6.45, 7) is 22.3. The van der Waals surface area contributed by atoms with Gasteiger partial charge in [0.15, 0.2) is 16.6 Å². The summed E-state index contributed by atoms with van der Waals surface area (Å²) in [5.41, 5.74) is 0. The van der Waals surface area contributed by atoms with Crippen LogP contribution in [0.25, 0.3) is 0 Å². The second-order valence-corrected chi connectivity index (χ2v) is 20.7. The van der Waals surface area contributed by atoms with Crippen LogP contribution in [0.5, 0.6) is 0 Å². The maximum atomic E-state index is 9.35. The maximum absolute atomic E-state index is 9.35. The molecule has 0 spiro atoms. The Labute approximate surface area is 175 Å². The Bertz CT molecular complexity index is 506. The quantitative estimate of drug-likeness (QED) is 0.465. The fraction of sp³-hybridized carbons (Fsp3) is 0.818. The first-order valence-corrected chi connectivity index (χ1v) is 16.3. The fourth-order valence-electron chi connectivity index (χ4n) is 2.58. The molecular formula is C22H44O4Si2. The Morgan fingerprint density at radius 3 is 1.11 bits per heavy atom. The van der Waals surface area contributed by atoms with Crippen LogP contribution in [0.3, 0.4) is 0 Å². The number of hydrogen-bond donors (Lipinski definition) is 2. The van der Waals surface area contributed by atoms with Gasteiger partial charge < -0.3 is 19.1 Å². The Hall–Kier alpha value is -0.246. The third kappa shape index (κ3) is 7.54. The van der Waals surface area contributed by atoms with Crippen molar-refractivity contribution in [2.24, 2.45) is 0 Å². The van der Waals surface area contributed by atoms with Gasteiger partial charge in [0.2, 0.25) is 0 Å². The number of hydrogen-bond acceptors (Lipinski definition) is 4. The topological polar surface area (TPSA) is 58.9 Å². The van der Waals surface area contributed by atoms with Gasteiger partial charge in [-0.05, 0) is 36.3 Å². The minimum absolute atomic E-state index is 0.130. The van der Waals surface area contributed by atoms with Gasteiger partial charge in [-0.15, -0.1) is 0 Å². The smallest absolute Gasteiger partial charge is 0.192 e. The molecule has 0 aromatic heterocycles. The highest BCUT2D eigenvalue weighted by atomic mass is 28.4. The van der Waals surface area contributed by atoms with Crippen LogP contribution in [0.4, 0.5) is 0 Å². The lowest BCUT2D eigenvalue weighted by molar-refractivity contribution is 0.155. The summed E-state index contributed by atoms with van der Waals surface area (Å²) >= 11 is 0. The van der Waals surface area contributed by atoms with Gasteiger partial charge in [0.25, 0.3) is 0 Å². The highest BCUT2D eigenvalue weighted by molar-refractivity contribution is 6.74. The van der Waals surface area contributed by atoms with Crippen LogP contribution >= 0.6 is 0 Å². The molecule has 0 aromatic rings. The molecule has 0 saturated heterocycles. The van der Waals surface area contributed by atoms with Crippen molar-refractivity contribution >= 4 is 16.6 Å². The third-order valence-corrected chi connectivity index (χ3v) is 15.6. The second-order valence-electron chi connectivity index (χ2n) is 11.2. The normalized spacial score (nSPS) is 28.4. The van der Waals surface area contributed by atoms with Crippen molar-refractivity contribution in [3.05, 3.63) is 24.3 Å². The molecule has 0 aromatic carbocycles. The fourth-order valence-corrected chi connectivity index (χ4v) is 5.15. The van der Waals surface area contributed by atoms with Gasteiger partial charge in [-0.2, -0.15) is 0 Å². The average molecular weight is 429 g/mol. The lowest BCUT2D eigenvalue weighted by Crippen LogP contribution is -2.43. The van der Waals surface area contributed by atoms with E-state index < -0.39 is 16.6 Å². The van der Waals surface area contributed by atoms with Crippen molar-refractivity contribution in [2.75, 3.05) is 0 Å². The van der Waals surface area contributed by atoms with Crippen LogP contribution in [-0.2, 0) is 8.85 Å². The van der Waals surface area contributed by atoms with E-state index in [0.29, 0.717) is 0 Å². The molecule has 0 radical (unpaired) electrons. The van der Waals surface area contributed by atoms with E-state index in [0.717, 1.165) is 12.8 Å². The molecule has 4 nitrogen and oxygen atoms in total. The van der Waals surface area contributed by atoms with Crippen LogP contribution in [0.1, 0.15) is 54.4 Å². The average Bonchev–Trinajstić information content (AvgIpc) is 3.05. The second kappa shape index (κ2) is 9.27. The highest BCUT2D eigenvalue weighted by Crippen LogP contribution is 2.39. The van der Waals surface area contributed by atoms with Gasteiger partial charge in [0, 0.05) is 12.8 Å². The van der Waals surface area contributed by atoms with E-state index in [2.05, 4.69) is 67.7 Å². The zero-order chi connectivity index (χ0) is 22.0. The van der Waals surface area contributed by atoms with Crippen LogP contribution in [0.2, 0.25) is 36.3 Å². The molecule has 28 heavy (non-hydrogen) atoms. The summed E-state index contributed by atoms with van der Waals surface area (Å²) in [7, 11) is -3.32. The van der Waals surface area contributed by atoms with E-state index in [-0.39, 0.29) is 34.5 Å². The lowest BCUT2D eigenvalue weighted by Gasteiger charge is -2.38. The largest absolute Gasteiger partial charge is 0.410 e. The zero-order valence-electron chi connectivity index (χ0n) is 19.7. The van der Waals surface area contributed by atoms with E-state index in [4.69, 9.17) is 8.85 Å². The molecule has 0 bridgehead atoms. The molecule has 0 unspecified atom stereocenters. The first-order chi connectivity index (χ1) is 12.4. The van der Waals surface area contributed by atoms with Crippen molar-refractivity contribution in [1.29, 1.82) is 0 Å². The van der Waals surface area contributed by atoms with E-state index >= 15 is 0 Å². The van der Waals surface area contributed by atoms with Crippen LogP contribution in [0.15, 0.2) is 24.3 Å². The Balaban J connectivity index is 0.000000280. The number of aliphatic hydroxyl groups is 2. The SMILES string of the molecule is CC(C)(C)[Si](C)(C)O[C@@H]1C=C[C@H](O)C1.CC(C)(C)[Si](C)(C)O[C@H]1C=C[C@@H](O)C1. The minimum atomic E-state index is -1.66. The first-order valence-electron chi connectivity index (χ1n) is 10.5. The van der Waals surface area contributed by atoms with Crippen LogP contribution < -0.4 is 0 Å². The summed E-state index contributed by atoms with van der Waals surface area (Å²) in [6.07, 6.45) is 8.76. The predicted molar refractivity (Wildman–Crippen MR) is 124 cm³/mol. The van der Waals surface area contributed by atoms with Gasteiger partial charge in [-0.25, -0.2) is 0 Å².